The number of rotatable bonds is 4. The summed E-state index contributed by atoms with van der Waals surface area (Å²) >= 11 is 1.62. The average Bonchev–Trinajstić information content (AvgIpc) is 3.37. The molecule has 1 amide bonds. The number of aromatic nitrogens is 2. The maximum atomic E-state index is 13.4. The van der Waals surface area contributed by atoms with E-state index in [0.29, 0.717) is 23.4 Å². The second-order valence-corrected chi connectivity index (χ2v) is 9.21. The molecule has 2 aromatic heterocycles. The number of carbonyl (C=O) groups is 2. The van der Waals surface area contributed by atoms with Gasteiger partial charge < -0.3 is 4.31 Å². The molecule has 0 spiro atoms. The van der Waals surface area contributed by atoms with E-state index in [-0.39, 0.29) is 11.7 Å². The van der Waals surface area contributed by atoms with Gasteiger partial charge in [-0.15, -0.1) is 0 Å². The van der Waals surface area contributed by atoms with Gasteiger partial charge in [-0.2, -0.15) is 0 Å². The van der Waals surface area contributed by atoms with Crippen LogP contribution in [0.25, 0.3) is 10.9 Å². The number of nitrogens with one attached hydrogen (secondary N) is 1. The predicted octanol–water partition coefficient (Wildman–Crippen LogP) is 4.29. The molecule has 3 heterocycles. The van der Waals surface area contributed by atoms with Gasteiger partial charge in [0, 0.05) is 35.6 Å². The first-order chi connectivity index (χ1) is 14.3. The van der Waals surface area contributed by atoms with Crippen molar-refractivity contribution < 1.29 is 14.4 Å². The second-order valence-electron chi connectivity index (χ2n) is 8.18. The van der Waals surface area contributed by atoms with Gasteiger partial charge in [-0.25, -0.2) is 10.3 Å². The summed E-state index contributed by atoms with van der Waals surface area (Å²) in [5.74, 6) is 0.559. The number of pyridine rings is 1. The van der Waals surface area contributed by atoms with Crippen LogP contribution in [0.2, 0.25) is 0 Å². The molecule has 4 rings (SSSR count). The van der Waals surface area contributed by atoms with E-state index in [0.717, 1.165) is 11.1 Å². The van der Waals surface area contributed by atoms with E-state index in [4.69, 9.17) is 4.84 Å². The zero-order valence-electron chi connectivity index (χ0n) is 17.2. The van der Waals surface area contributed by atoms with E-state index < -0.39 is 11.6 Å². The van der Waals surface area contributed by atoms with Gasteiger partial charge in [0.15, 0.2) is 5.78 Å². The minimum atomic E-state index is -0.520. The fourth-order valence-corrected chi connectivity index (χ4v) is 4.49. The molecule has 1 aliphatic heterocycles. The lowest BCUT2D eigenvalue weighted by molar-refractivity contribution is -0.0525. The molecule has 0 saturated carbocycles. The Morgan fingerprint density at radius 1 is 1.20 bits per heavy atom. The van der Waals surface area contributed by atoms with Crippen molar-refractivity contribution >= 4 is 40.4 Å². The van der Waals surface area contributed by atoms with E-state index >= 15 is 0 Å². The van der Waals surface area contributed by atoms with Crippen LogP contribution >= 0.6 is 11.9 Å². The number of fused-ring (bicyclic) bond motifs is 1. The molecule has 0 aliphatic carbocycles. The van der Waals surface area contributed by atoms with Gasteiger partial charge >= 0.3 is 6.03 Å². The van der Waals surface area contributed by atoms with Crippen LogP contribution in [0, 0.1) is 5.92 Å². The lowest BCUT2D eigenvalue weighted by Gasteiger charge is -2.19. The Hall–Kier alpha value is -2.84. The summed E-state index contributed by atoms with van der Waals surface area (Å²) in [5, 5.41) is 0.762. The summed E-state index contributed by atoms with van der Waals surface area (Å²) in [4.78, 5) is 35.6. The van der Waals surface area contributed by atoms with E-state index in [2.05, 4.69) is 14.8 Å². The smallest absolute Gasteiger partial charge is 0.314 e. The minimum Gasteiger partial charge on any atom is -0.314 e. The van der Waals surface area contributed by atoms with Crippen molar-refractivity contribution in [2.24, 2.45) is 5.92 Å². The lowest BCUT2D eigenvalue weighted by Crippen LogP contribution is -2.35. The molecule has 156 valence electrons. The molecule has 0 radical (unpaired) electrons. The Bertz CT molecular complexity index is 1070. The van der Waals surface area contributed by atoms with Crippen LogP contribution in [0.5, 0.6) is 0 Å². The minimum absolute atomic E-state index is 0.0355. The third-order valence-electron chi connectivity index (χ3n) is 4.76. The van der Waals surface area contributed by atoms with Crippen LogP contribution in [0.4, 0.5) is 10.5 Å². The fraction of sp³-hybridized carbons (Fsp3) is 0.318. The molecule has 7 nitrogen and oxygen atoms in total. The summed E-state index contributed by atoms with van der Waals surface area (Å²) in [6.07, 6.45) is 5.15. The lowest BCUT2D eigenvalue weighted by atomic mass is 9.98. The van der Waals surface area contributed by atoms with Crippen LogP contribution in [-0.4, -0.2) is 39.3 Å². The van der Waals surface area contributed by atoms with Crippen molar-refractivity contribution in [2.75, 3.05) is 16.6 Å². The normalized spacial score (nSPS) is 16.8. The zero-order chi connectivity index (χ0) is 21.3. The standard InChI is InChI=1S/C22H24N4O3S/c1-22(2,3)29-24-21(28)25-13-18(17-8-4-5-9-19(17)25)20(27)15-12-26(30-14-15)16-7-6-10-23-11-16/h4-11,13,15H,12,14H2,1-3H3,(H,24,28). The van der Waals surface area contributed by atoms with Crippen LogP contribution < -0.4 is 9.79 Å². The molecule has 30 heavy (non-hydrogen) atoms. The Morgan fingerprint density at radius 3 is 2.73 bits per heavy atom. The Labute approximate surface area is 179 Å². The maximum Gasteiger partial charge on any atom is 0.349 e. The van der Waals surface area contributed by atoms with E-state index in [1.165, 1.54) is 4.57 Å². The number of hydrogen-bond acceptors (Lipinski definition) is 6. The largest absolute Gasteiger partial charge is 0.349 e. The van der Waals surface area contributed by atoms with Crippen molar-refractivity contribution in [3.05, 3.63) is 60.6 Å². The topological polar surface area (TPSA) is 76.5 Å². The number of carbonyl (C=O) groups excluding carboxylic acids is 2. The molecule has 8 heteroatoms. The van der Waals surface area contributed by atoms with Crippen molar-refractivity contribution in [1.29, 1.82) is 0 Å². The van der Waals surface area contributed by atoms with E-state index in [1.54, 1.807) is 30.5 Å². The van der Waals surface area contributed by atoms with Crippen LogP contribution in [0.3, 0.4) is 0 Å². The molecule has 1 unspecified atom stereocenters. The van der Waals surface area contributed by atoms with Gasteiger partial charge in [0.25, 0.3) is 0 Å². The molecule has 1 atom stereocenters. The number of para-hydroxylation sites is 1. The molecule has 1 aromatic carbocycles. The first-order valence-corrected chi connectivity index (χ1v) is 10.7. The van der Waals surface area contributed by atoms with E-state index in [9.17, 15) is 9.59 Å². The summed E-state index contributed by atoms with van der Waals surface area (Å²) in [5.41, 5.74) is 4.16. The second kappa shape index (κ2) is 8.12. The molecule has 3 aromatic rings. The van der Waals surface area contributed by atoms with Gasteiger partial charge in [0.2, 0.25) is 0 Å². The Kier molecular flexibility index (Phi) is 5.53. The quantitative estimate of drug-likeness (QED) is 0.382. The number of amides is 1. The summed E-state index contributed by atoms with van der Waals surface area (Å²) in [6, 6.07) is 10.9. The number of nitrogens with zero attached hydrogens (tertiary/aromatic N) is 3. The average molecular weight is 425 g/mol. The van der Waals surface area contributed by atoms with Crippen molar-refractivity contribution in [3.63, 3.8) is 0 Å². The Morgan fingerprint density at radius 2 is 2.00 bits per heavy atom. The third kappa shape index (κ3) is 4.20. The molecule has 1 saturated heterocycles. The number of benzene rings is 1. The van der Waals surface area contributed by atoms with Crippen molar-refractivity contribution in [2.45, 2.75) is 26.4 Å². The van der Waals surface area contributed by atoms with Gasteiger partial charge in [0.1, 0.15) is 0 Å². The number of ketones is 1. The van der Waals surface area contributed by atoms with Crippen molar-refractivity contribution in [1.82, 2.24) is 15.0 Å². The van der Waals surface area contributed by atoms with Crippen molar-refractivity contribution in [3.8, 4) is 0 Å². The van der Waals surface area contributed by atoms with Crippen LogP contribution in [-0.2, 0) is 4.84 Å². The highest BCUT2D eigenvalue weighted by atomic mass is 32.2. The highest BCUT2D eigenvalue weighted by Crippen LogP contribution is 2.34. The monoisotopic (exact) mass is 424 g/mol. The van der Waals surface area contributed by atoms with Crippen LogP contribution in [0.1, 0.15) is 31.1 Å². The summed E-state index contributed by atoms with van der Waals surface area (Å²) in [6.45, 7) is 6.15. The molecular formula is C22H24N4O3S. The summed E-state index contributed by atoms with van der Waals surface area (Å²) < 4.78 is 3.54. The number of hydroxylamine groups is 1. The first-order valence-electron chi connectivity index (χ1n) is 9.76. The van der Waals surface area contributed by atoms with Gasteiger partial charge in [-0.05, 0) is 50.9 Å². The molecule has 1 aliphatic rings. The molecule has 0 bridgehead atoms. The number of Topliss-reactive ketones (excluding diaryl/α,β-unsaturated/α-hetero) is 1. The first kappa shape index (κ1) is 20.4. The maximum absolute atomic E-state index is 13.4. The highest BCUT2D eigenvalue weighted by molar-refractivity contribution is 8.00. The highest BCUT2D eigenvalue weighted by Gasteiger charge is 2.32. The zero-order valence-corrected chi connectivity index (χ0v) is 18.0. The SMILES string of the molecule is CC(C)(C)ONC(=O)n1cc(C(=O)C2CSN(c3cccnc3)C2)c2ccccc21. The predicted molar refractivity (Wildman–Crippen MR) is 119 cm³/mol. The Balaban J connectivity index is 1.58. The molecule has 1 N–H and O–H groups in total. The number of hydrogen-bond donors (Lipinski definition) is 1. The summed E-state index contributed by atoms with van der Waals surface area (Å²) in [7, 11) is 0. The third-order valence-corrected chi connectivity index (χ3v) is 5.99. The molecule has 1 fully saturated rings. The van der Waals surface area contributed by atoms with Gasteiger partial charge in [-0.3, -0.25) is 19.2 Å². The number of anilines is 1. The van der Waals surface area contributed by atoms with Crippen LogP contribution in [0.15, 0.2) is 55.0 Å². The van der Waals surface area contributed by atoms with E-state index in [1.807, 2.05) is 57.2 Å². The fourth-order valence-electron chi connectivity index (χ4n) is 3.34. The molecular weight excluding hydrogens is 400 g/mol. The van der Waals surface area contributed by atoms with Gasteiger partial charge in [0.05, 0.1) is 28.9 Å². The van der Waals surface area contributed by atoms with Gasteiger partial charge in [-0.1, -0.05) is 18.2 Å².